The number of nitrogens with one attached hydrogen (secondary N) is 2. The maximum Gasteiger partial charge on any atom is 0.261 e. The number of aromatic nitrogens is 1. The molecule has 0 unspecified atom stereocenters. The van der Waals surface area contributed by atoms with Gasteiger partial charge >= 0.3 is 0 Å². The molecule has 0 saturated heterocycles. The van der Waals surface area contributed by atoms with Crippen molar-refractivity contribution < 1.29 is 4.79 Å². The third-order valence-electron chi connectivity index (χ3n) is 3.24. The fourth-order valence-electron chi connectivity index (χ4n) is 2.14. The van der Waals surface area contributed by atoms with Gasteiger partial charge in [-0.05, 0) is 18.2 Å². The van der Waals surface area contributed by atoms with Crippen LogP contribution in [0.1, 0.15) is 10.4 Å². The summed E-state index contributed by atoms with van der Waals surface area (Å²) in [4.78, 5) is 27.5. The fraction of sp³-hybridized carbons (Fsp3) is 0. The number of carbonyl (C=O) groups excluding carboxylic acids is 1. The summed E-state index contributed by atoms with van der Waals surface area (Å²) in [6.07, 6.45) is 1.42. The summed E-state index contributed by atoms with van der Waals surface area (Å²) in [5.41, 5.74) is 1.37. The Morgan fingerprint density at radius 1 is 1.05 bits per heavy atom. The second kappa shape index (κ2) is 5.29. The van der Waals surface area contributed by atoms with Gasteiger partial charge in [0.2, 0.25) is 5.43 Å². The number of aromatic amines is 1. The largest absolute Gasteiger partial charge is 0.360 e. The predicted octanol–water partition coefficient (Wildman–Crippen LogP) is 1.57. The van der Waals surface area contributed by atoms with Gasteiger partial charge in [0.1, 0.15) is 13.4 Å². The van der Waals surface area contributed by atoms with Crippen molar-refractivity contribution in [2.24, 2.45) is 0 Å². The van der Waals surface area contributed by atoms with E-state index in [2.05, 4.69) is 10.3 Å². The van der Waals surface area contributed by atoms with Gasteiger partial charge in [-0.3, -0.25) is 9.59 Å². The lowest BCUT2D eigenvalue weighted by molar-refractivity contribution is 0.102. The highest BCUT2D eigenvalue weighted by atomic mass is 16.2. The Morgan fingerprint density at radius 2 is 1.76 bits per heavy atom. The molecule has 0 bridgehead atoms. The number of carbonyl (C=O) groups is 1. The van der Waals surface area contributed by atoms with Crippen LogP contribution in [-0.2, 0) is 0 Å². The summed E-state index contributed by atoms with van der Waals surface area (Å²) < 4.78 is 0. The quantitative estimate of drug-likeness (QED) is 0.697. The van der Waals surface area contributed by atoms with Crippen molar-refractivity contribution in [2.45, 2.75) is 0 Å². The monoisotopic (exact) mass is 274 g/mol. The highest BCUT2D eigenvalue weighted by Crippen LogP contribution is 2.09. The standard InChI is InChI=1S/C16H11BN2O2/c17-12-6-2-4-8-14(12)19-16(21)11-9-18-13-7-3-1-5-10(13)15(11)20/h1-9H,(H,18,20)(H,19,21). The average molecular weight is 274 g/mol. The van der Waals surface area contributed by atoms with E-state index >= 15 is 0 Å². The molecule has 100 valence electrons. The molecule has 5 heteroatoms. The van der Waals surface area contributed by atoms with E-state index in [0.717, 1.165) is 0 Å². The second-order valence-electron chi connectivity index (χ2n) is 4.62. The Balaban J connectivity index is 2.01. The summed E-state index contributed by atoms with van der Waals surface area (Å²) in [5.74, 6) is -0.486. The SMILES string of the molecule is [B]c1ccccc1NC(=O)c1c[nH]c2ccccc2c1=O. The fourth-order valence-corrected chi connectivity index (χ4v) is 2.14. The third kappa shape index (κ3) is 2.45. The van der Waals surface area contributed by atoms with Gasteiger partial charge in [0.15, 0.2) is 0 Å². The average Bonchev–Trinajstić information content (AvgIpc) is 2.50. The predicted molar refractivity (Wildman–Crippen MR) is 84.4 cm³/mol. The number of fused-ring (bicyclic) bond motifs is 1. The molecular formula is C16H11BN2O2. The van der Waals surface area contributed by atoms with Crippen LogP contribution >= 0.6 is 0 Å². The van der Waals surface area contributed by atoms with Crippen molar-refractivity contribution >= 4 is 35.8 Å². The lowest BCUT2D eigenvalue weighted by atomic mass is 9.94. The van der Waals surface area contributed by atoms with Gasteiger partial charge in [0, 0.05) is 22.8 Å². The van der Waals surface area contributed by atoms with Gasteiger partial charge in [0.05, 0.1) is 0 Å². The Morgan fingerprint density at radius 3 is 2.57 bits per heavy atom. The molecule has 0 aliphatic carbocycles. The molecule has 4 nitrogen and oxygen atoms in total. The van der Waals surface area contributed by atoms with Crippen molar-refractivity contribution in [3.8, 4) is 0 Å². The van der Waals surface area contributed by atoms with Crippen molar-refractivity contribution in [3.63, 3.8) is 0 Å². The van der Waals surface area contributed by atoms with Crippen LogP contribution in [0.3, 0.4) is 0 Å². The highest BCUT2D eigenvalue weighted by molar-refractivity contribution is 6.36. The minimum atomic E-state index is -0.486. The van der Waals surface area contributed by atoms with Crippen LogP contribution in [0.2, 0.25) is 0 Å². The van der Waals surface area contributed by atoms with E-state index in [1.807, 2.05) is 6.07 Å². The third-order valence-corrected chi connectivity index (χ3v) is 3.24. The van der Waals surface area contributed by atoms with Crippen LogP contribution in [0.25, 0.3) is 10.9 Å². The number of amides is 1. The van der Waals surface area contributed by atoms with Gasteiger partial charge in [0.25, 0.3) is 5.91 Å². The van der Waals surface area contributed by atoms with Gasteiger partial charge in [-0.2, -0.15) is 0 Å². The first-order valence-corrected chi connectivity index (χ1v) is 6.43. The lowest BCUT2D eigenvalue weighted by Gasteiger charge is -2.08. The smallest absolute Gasteiger partial charge is 0.261 e. The summed E-state index contributed by atoms with van der Waals surface area (Å²) in [7, 11) is 5.77. The molecule has 1 aromatic heterocycles. The highest BCUT2D eigenvalue weighted by Gasteiger charge is 2.13. The molecule has 3 aromatic rings. The van der Waals surface area contributed by atoms with Gasteiger partial charge in [-0.15, -0.1) is 0 Å². The van der Waals surface area contributed by atoms with Crippen molar-refractivity contribution in [2.75, 3.05) is 5.32 Å². The number of anilines is 1. The van der Waals surface area contributed by atoms with Crippen LogP contribution in [0.5, 0.6) is 0 Å². The summed E-state index contributed by atoms with van der Waals surface area (Å²) >= 11 is 0. The molecule has 0 spiro atoms. The molecule has 2 radical (unpaired) electrons. The molecule has 21 heavy (non-hydrogen) atoms. The first-order chi connectivity index (χ1) is 10.2. The van der Waals surface area contributed by atoms with Gasteiger partial charge in [-0.1, -0.05) is 35.8 Å². The molecule has 0 atom stereocenters. The van der Waals surface area contributed by atoms with E-state index < -0.39 is 5.91 Å². The summed E-state index contributed by atoms with van der Waals surface area (Å²) in [6, 6.07) is 13.9. The van der Waals surface area contributed by atoms with Gasteiger partial charge < -0.3 is 10.3 Å². The van der Waals surface area contributed by atoms with E-state index in [0.29, 0.717) is 22.1 Å². The zero-order valence-corrected chi connectivity index (χ0v) is 11.1. The number of hydrogen-bond acceptors (Lipinski definition) is 2. The minimum Gasteiger partial charge on any atom is -0.360 e. The molecule has 0 aliphatic rings. The second-order valence-corrected chi connectivity index (χ2v) is 4.62. The maximum atomic E-state index is 12.3. The molecule has 2 aromatic carbocycles. The summed E-state index contributed by atoms with van der Waals surface area (Å²) in [5, 5.41) is 3.13. The van der Waals surface area contributed by atoms with Crippen molar-refractivity contribution in [1.82, 2.24) is 4.98 Å². The maximum absolute atomic E-state index is 12.3. The molecule has 3 rings (SSSR count). The van der Waals surface area contributed by atoms with Crippen LogP contribution < -0.4 is 16.2 Å². The Bertz CT molecular complexity index is 887. The zero-order valence-electron chi connectivity index (χ0n) is 11.1. The molecule has 0 aliphatic heterocycles. The van der Waals surface area contributed by atoms with Crippen LogP contribution in [0.15, 0.2) is 59.5 Å². The Kier molecular flexibility index (Phi) is 3.32. The first-order valence-electron chi connectivity index (χ1n) is 6.43. The molecule has 2 N–H and O–H groups in total. The van der Waals surface area contributed by atoms with E-state index in [9.17, 15) is 9.59 Å². The number of para-hydroxylation sites is 2. The van der Waals surface area contributed by atoms with Crippen LogP contribution in [-0.4, -0.2) is 18.7 Å². The number of H-pyrrole nitrogens is 1. The van der Waals surface area contributed by atoms with E-state index in [1.165, 1.54) is 6.20 Å². The van der Waals surface area contributed by atoms with Gasteiger partial charge in [-0.25, -0.2) is 0 Å². The first kappa shape index (κ1) is 13.2. The molecular weight excluding hydrogens is 263 g/mol. The molecule has 0 fully saturated rings. The Hall–Kier alpha value is -2.82. The minimum absolute atomic E-state index is 0.0527. The zero-order chi connectivity index (χ0) is 14.8. The van der Waals surface area contributed by atoms with Crippen LogP contribution in [0, 0.1) is 0 Å². The normalized spacial score (nSPS) is 10.5. The number of pyridine rings is 1. The summed E-state index contributed by atoms with van der Waals surface area (Å²) in [6.45, 7) is 0. The van der Waals surface area contributed by atoms with Crippen molar-refractivity contribution in [3.05, 3.63) is 70.5 Å². The van der Waals surface area contributed by atoms with Crippen molar-refractivity contribution in [1.29, 1.82) is 0 Å². The van der Waals surface area contributed by atoms with E-state index in [4.69, 9.17) is 7.85 Å². The topological polar surface area (TPSA) is 62.0 Å². The molecule has 0 saturated carbocycles. The van der Waals surface area contributed by atoms with Crippen LogP contribution in [0.4, 0.5) is 5.69 Å². The van der Waals surface area contributed by atoms with E-state index in [-0.39, 0.29) is 11.0 Å². The Labute approximate surface area is 122 Å². The number of rotatable bonds is 2. The number of hydrogen-bond donors (Lipinski definition) is 2. The molecule has 1 heterocycles. The lowest BCUT2D eigenvalue weighted by Crippen LogP contribution is -2.24. The number of benzene rings is 2. The van der Waals surface area contributed by atoms with E-state index in [1.54, 1.807) is 42.5 Å². The molecule has 1 amide bonds.